The Morgan fingerprint density at radius 2 is 1.13 bits per heavy atom. The normalized spacial score (nSPS) is 21.4. The summed E-state index contributed by atoms with van der Waals surface area (Å²) in [4.78, 5) is 37.6. The van der Waals surface area contributed by atoms with Gasteiger partial charge in [-0.05, 0) is 132 Å². The van der Waals surface area contributed by atoms with Gasteiger partial charge in [-0.3, -0.25) is 9.59 Å². The van der Waals surface area contributed by atoms with Crippen LogP contribution in [0.2, 0.25) is 10.0 Å². The molecular formula is C49H38Cl2N2O7. The molecule has 2 aliphatic carbocycles. The molecule has 11 heteroatoms. The fraction of sp³-hybridized carbons (Fsp3) is 0.163. The van der Waals surface area contributed by atoms with Gasteiger partial charge in [-0.2, -0.15) is 0 Å². The van der Waals surface area contributed by atoms with Gasteiger partial charge < -0.3 is 31.1 Å². The van der Waals surface area contributed by atoms with Gasteiger partial charge in [0.2, 0.25) is 11.8 Å². The first kappa shape index (κ1) is 38.9. The lowest BCUT2D eigenvalue weighted by atomic mass is 9.89. The Morgan fingerprint density at radius 3 is 1.63 bits per heavy atom. The number of phenolic OH excluding ortho intramolecular Hbond substituents is 2. The summed E-state index contributed by atoms with van der Waals surface area (Å²) in [5, 5.41) is 45.8. The summed E-state index contributed by atoms with van der Waals surface area (Å²) in [6, 6.07) is 32.4. The Hall–Kier alpha value is -6.55. The molecule has 2 amide bonds. The van der Waals surface area contributed by atoms with Gasteiger partial charge in [-0.15, -0.1) is 0 Å². The first-order valence-electron chi connectivity index (χ1n) is 19.3. The van der Waals surface area contributed by atoms with E-state index in [0.29, 0.717) is 39.7 Å². The van der Waals surface area contributed by atoms with Crippen molar-refractivity contribution >= 4 is 58.1 Å². The number of benzene rings is 6. The summed E-state index contributed by atoms with van der Waals surface area (Å²) in [6.45, 7) is 7.34. The minimum absolute atomic E-state index is 0.0197. The topological polar surface area (TPSA) is 156 Å². The number of aromatic hydroxyl groups is 2. The third kappa shape index (κ3) is 6.19. The van der Waals surface area contributed by atoms with Crippen LogP contribution >= 0.6 is 23.2 Å². The van der Waals surface area contributed by atoms with E-state index in [-0.39, 0.29) is 46.5 Å². The largest absolute Gasteiger partial charge is 0.508 e. The second-order valence-corrected chi connectivity index (χ2v) is 16.9. The highest BCUT2D eigenvalue weighted by Crippen LogP contribution is 2.67. The lowest BCUT2D eigenvalue weighted by Crippen LogP contribution is -2.21. The SMILES string of the molecule is C=C(O)c1cc(C2CC23C(=O)Nc2cc(Cl)c(-c4ccc(O)cc4)cc23)ccc1C.Cc1ccc(C2CC23C(=O)Nc2cc(Cl)c(-c4cccc(O)c4)cc23)cc1C(=O)O. The predicted molar refractivity (Wildman–Crippen MR) is 233 cm³/mol. The van der Waals surface area contributed by atoms with Gasteiger partial charge in [0, 0.05) is 39.9 Å². The van der Waals surface area contributed by atoms with E-state index in [4.69, 9.17) is 23.2 Å². The van der Waals surface area contributed by atoms with Crippen molar-refractivity contribution in [1.29, 1.82) is 0 Å². The first-order valence-corrected chi connectivity index (χ1v) is 20.1. The second kappa shape index (κ2) is 14.0. The average molecular weight is 838 g/mol. The van der Waals surface area contributed by atoms with Gasteiger partial charge in [-0.25, -0.2) is 4.79 Å². The standard InChI is InChI=1S/C25H20ClNO3.C24H18ClNO4/c1-13-3-4-16(9-18(13)14(2)28)21-12-25(21)20-10-19(15-5-7-17(29)8-6-15)22(26)11-23(20)27-24(25)30;1-12-5-6-14(8-16(12)22(28)29)19-11-24(19)18-9-17(13-3-2-4-15(27)7-13)20(25)10-21(18)26-23(24)30/h3-11,21,28-29H,2,12H2,1H3,(H,27,30);2-10,19,27H,11H2,1H3,(H,26,30)(H,28,29). The summed E-state index contributed by atoms with van der Waals surface area (Å²) in [7, 11) is 0. The van der Waals surface area contributed by atoms with E-state index >= 15 is 0 Å². The zero-order valence-corrected chi connectivity index (χ0v) is 33.9. The van der Waals surface area contributed by atoms with Crippen molar-refractivity contribution in [2.45, 2.75) is 49.4 Å². The number of phenols is 2. The zero-order chi connectivity index (χ0) is 42.4. The van der Waals surface area contributed by atoms with Crippen LogP contribution in [0.25, 0.3) is 28.0 Å². The van der Waals surface area contributed by atoms with Crippen LogP contribution in [0.5, 0.6) is 11.5 Å². The number of carbonyl (C=O) groups excluding carboxylic acids is 2. The van der Waals surface area contributed by atoms with Gasteiger partial charge in [0.05, 0.1) is 26.4 Å². The number of aromatic carboxylic acids is 1. The van der Waals surface area contributed by atoms with Crippen LogP contribution in [0.1, 0.15) is 74.0 Å². The summed E-state index contributed by atoms with van der Waals surface area (Å²) in [5.74, 6) is -0.817. The number of nitrogens with one attached hydrogen (secondary N) is 2. The number of halogens is 2. The monoisotopic (exact) mass is 836 g/mol. The van der Waals surface area contributed by atoms with Gasteiger partial charge in [0.1, 0.15) is 17.3 Å². The van der Waals surface area contributed by atoms with Crippen LogP contribution in [0.3, 0.4) is 0 Å². The number of hydrogen-bond acceptors (Lipinski definition) is 6. The van der Waals surface area contributed by atoms with Crippen molar-refractivity contribution in [2.75, 3.05) is 10.6 Å². The van der Waals surface area contributed by atoms with Crippen molar-refractivity contribution in [3.63, 3.8) is 0 Å². The van der Waals surface area contributed by atoms with E-state index in [0.717, 1.165) is 55.8 Å². The molecule has 2 fully saturated rings. The molecule has 2 saturated carbocycles. The highest BCUT2D eigenvalue weighted by atomic mass is 35.5. The van der Waals surface area contributed by atoms with E-state index in [1.54, 1.807) is 61.5 Å². The fourth-order valence-corrected chi connectivity index (χ4v) is 9.79. The van der Waals surface area contributed by atoms with E-state index in [9.17, 15) is 34.8 Å². The maximum Gasteiger partial charge on any atom is 0.335 e. The molecule has 2 spiro atoms. The van der Waals surface area contributed by atoms with Crippen LogP contribution in [0.4, 0.5) is 11.4 Å². The molecule has 2 aliphatic heterocycles. The number of carbonyl (C=O) groups is 3. The van der Waals surface area contributed by atoms with Crippen LogP contribution in [0.15, 0.2) is 116 Å². The van der Waals surface area contributed by atoms with Crippen molar-refractivity contribution in [1.82, 2.24) is 0 Å². The first-order chi connectivity index (χ1) is 28.6. The number of fused-ring (bicyclic) bond motifs is 4. The fourth-order valence-electron chi connectivity index (χ4n) is 9.24. The van der Waals surface area contributed by atoms with E-state index in [1.165, 1.54) is 0 Å². The molecule has 2 heterocycles. The Bertz CT molecular complexity index is 2870. The molecule has 6 aromatic rings. The van der Waals surface area contributed by atoms with Crippen molar-refractivity contribution in [2.24, 2.45) is 0 Å². The molecule has 60 heavy (non-hydrogen) atoms. The second-order valence-electron chi connectivity index (χ2n) is 16.1. The number of carboxylic acids is 1. The lowest BCUT2D eigenvalue weighted by molar-refractivity contribution is -0.118. The van der Waals surface area contributed by atoms with Crippen molar-refractivity contribution in [3.05, 3.63) is 170 Å². The molecule has 0 bridgehead atoms. The highest BCUT2D eigenvalue weighted by Gasteiger charge is 2.66. The van der Waals surface area contributed by atoms with Gasteiger partial charge in [0.15, 0.2) is 0 Å². The third-order valence-corrected chi connectivity index (χ3v) is 13.2. The molecule has 6 aromatic carbocycles. The van der Waals surface area contributed by atoms with Gasteiger partial charge in [-0.1, -0.05) is 78.3 Å². The maximum atomic E-state index is 13.0. The zero-order valence-electron chi connectivity index (χ0n) is 32.4. The van der Waals surface area contributed by atoms with Crippen molar-refractivity contribution < 1.29 is 34.8 Å². The molecule has 300 valence electrons. The molecule has 0 radical (unpaired) electrons. The highest BCUT2D eigenvalue weighted by molar-refractivity contribution is 6.34. The molecule has 6 N–H and O–H groups in total. The minimum Gasteiger partial charge on any atom is -0.508 e. The molecule has 0 saturated heterocycles. The number of amides is 2. The number of hydrogen-bond donors (Lipinski definition) is 6. The summed E-state index contributed by atoms with van der Waals surface area (Å²) >= 11 is 13.0. The molecule has 4 unspecified atom stereocenters. The van der Waals surface area contributed by atoms with Gasteiger partial charge in [0.25, 0.3) is 0 Å². The van der Waals surface area contributed by atoms with Crippen LogP contribution < -0.4 is 10.6 Å². The van der Waals surface area contributed by atoms with Gasteiger partial charge >= 0.3 is 5.97 Å². The van der Waals surface area contributed by atoms with Crippen LogP contribution in [0, 0.1) is 13.8 Å². The Kier molecular flexibility index (Phi) is 9.11. The lowest BCUT2D eigenvalue weighted by Gasteiger charge is -2.13. The predicted octanol–water partition coefficient (Wildman–Crippen LogP) is 11.0. The van der Waals surface area contributed by atoms with E-state index in [2.05, 4.69) is 17.2 Å². The Morgan fingerprint density at radius 1 is 0.633 bits per heavy atom. The Balaban J connectivity index is 0.000000154. The number of aryl methyl sites for hydroxylation is 2. The Labute approximate surface area is 355 Å². The molecular weight excluding hydrogens is 799 g/mol. The number of aliphatic hydroxyl groups is 1. The third-order valence-electron chi connectivity index (χ3n) is 12.6. The minimum atomic E-state index is -0.974. The number of anilines is 2. The summed E-state index contributed by atoms with van der Waals surface area (Å²) in [6.07, 6.45) is 1.30. The number of aliphatic hydroxyl groups excluding tert-OH is 1. The van der Waals surface area contributed by atoms with E-state index in [1.807, 2.05) is 61.5 Å². The smallest absolute Gasteiger partial charge is 0.335 e. The molecule has 0 aromatic heterocycles. The number of carboxylic acid groups (broad SMARTS) is 1. The van der Waals surface area contributed by atoms with Crippen LogP contribution in [-0.2, 0) is 20.4 Å². The van der Waals surface area contributed by atoms with Crippen molar-refractivity contribution in [3.8, 4) is 33.8 Å². The maximum absolute atomic E-state index is 13.0. The average Bonchev–Trinajstić information content (AvgIpc) is 4.10. The summed E-state index contributed by atoms with van der Waals surface area (Å²) in [5.41, 5.74) is 9.51. The molecule has 10 rings (SSSR count). The quantitative estimate of drug-likeness (QED) is 0.0912. The molecule has 9 nitrogen and oxygen atoms in total. The molecule has 4 atom stereocenters. The molecule has 4 aliphatic rings. The number of rotatable bonds is 6. The van der Waals surface area contributed by atoms with E-state index < -0.39 is 16.8 Å². The summed E-state index contributed by atoms with van der Waals surface area (Å²) < 4.78 is 0. The van der Waals surface area contributed by atoms with Crippen LogP contribution in [-0.4, -0.2) is 38.2 Å².